The molecule has 0 aromatic carbocycles. The second kappa shape index (κ2) is 2.60. The summed E-state index contributed by atoms with van der Waals surface area (Å²) < 4.78 is 10.9. The lowest BCUT2D eigenvalue weighted by Gasteiger charge is -2.38. The van der Waals surface area contributed by atoms with Gasteiger partial charge in [0.15, 0.2) is 0 Å². The van der Waals surface area contributed by atoms with Gasteiger partial charge in [-0.25, -0.2) is 0 Å². The van der Waals surface area contributed by atoms with Gasteiger partial charge in [0.1, 0.15) is 18.1 Å². The van der Waals surface area contributed by atoms with Crippen molar-refractivity contribution in [2.75, 3.05) is 6.54 Å². The van der Waals surface area contributed by atoms with E-state index in [1.807, 2.05) is 19.1 Å². The quantitative estimate of drug-likeness (QED) is 0.628. The number of carbonyl (C=O) groups excluding carboxylic acids is 1. The molecule has 1 aromatic rings. The number of fused-ring (bicyclic) bond motifs is 1. The van der Waals surface area contributed by atoms with Crippen LogP contribution in [0.15, 0.2) is 22.8 Å². The maximum Gasteiger partial charge on any atom is 0.232 e. The number of rotatable bonds is 1. The Balaban J connectivity index is 1.80. The summed E-state index contributed by atoms with van der Waals surface area (Å²) in [5.41, 5.74) is 0. The standard InChI is InChI=1S/C10H11NO3/c1-6-9(12)11-5-8(14-10(6)11)7-3-2-4-13-7/h2-4,6,8,10H,5H2,1H3/t6-,8+,10-/m0/s1. The smallest absolute Gasteiger partial charge is 0.232 e. The van der Waals surface area contributed by atoms with Crippen molar-refractivity contribution >= 4 is 5.91 Å². The van der Waals surface area contributed by atoms with E-state index in [0.717, 1.165) is 5.76 Å². The molecule has 2 aliphatic heterocycles. The van der Waals surface area contributed by atoms with Crippen LogP contribution in [0.25, 0.3) is 0 Å². The molecule has 2 saturated heterocycles. The number of nitrogens with zero attached hydrogens (tertiary/aromatic N) is 1. The van der Waals surface area contributed by atoms with Crippen LogP contribution in [0.1, 0.15) is 18.8 Å². The molecule has 0 radical (unpaired) electrons. The highest BCUT2D eigenvalue weighted by molar-refractivity contribution is 5.85. The first kappa shape index (κ1) is 8.05. The maximum absolute atomic E-state index is 11.4. The van der Waals surface area contributed by atoms with Gasteiger partial charge in [0, 0.05) is 0 Å². The second-order valence-corrected chi connectivity index (χ2v) is 3.81. The van der Waals surface area contributed by atoms with Gasteiger partial charge in [-0.2, -0.15) is 0 Å². The lowest BCUT2D eigenvalue weighted by Crippen LogP contribution is -2.56. The molecule has 0 saturated carbocycles. The van der Waals surface area contributed by atoms with E-state index < -0.39 is 0 Å². The summed E-state index contributed by atoms with van der Waals surface area (Å²) in [5, 5.41) is 0. The van der Waals surface area contributed by atoms with Crippen LogP contribution >= 0.6 is 0 Å². The highest BCUT2D eigenvalue weighted by atomic mass is 16.5. The van der Waals surface area contributed by atoms with Crippen LogP contribution in [-0.4, -0.2) is 23.6 Å². The van der Waals surface area contributed by atoms with E-state index in [4.69, 9.17) is 9.15 Å². The van der Waals surface area contributed by atoms with Gasteiger partial charge in [0.25, 0.3) is 0 Å². The molecule has 3 rings (SSSR count). The molecule has 3 atom stereocenters. The van der Waals surface area contributed by atoms with E-state index in [-0.39, 0.29) is 24.2 Å². The third-order valence-corrected chi connectivity index (χ3v) is 2.93. The van der Waals surface area contributed by atoms with E-state index in [1.165, 1.54) is 0 Å². The fraction of sp³-hybridized carbons (Fsp3) is 0.500. The minimum atomic E-state index is -0.0797. The molecule has 0 N–H and O–H groups in total. The van der Waals surface area contributed by atoms with Crippen molar-refractivity contribution in [1.29, 1.82) is 0 Å². The summed E-state index contributed by atoms with van der Waals surface area (Å²) >= 11 is 0. The van der Waals surface area contributed by atoms with Crippen molar-refractivity contribution in [2.24, 2.45) is 5.92 Å². The van der Waals surface area contributed by atoms with Crippen molar-refractivity contribution in [2.45, 2.75) is 19.3 Å². The Hall–Kier alpha value is -1.29. The third kappa shape index (κ3) is 0.889. The zero-order chi connectivity index (χ0) is 9.71. The van der Waals surface area contributed by atoms with Crippen molar-refractivity contribution in [3.8, 4) is 0 Å². The molecule has 14 heavy (non-hydrogen) atoms. The number of furan rings is 1. The number of hydrogen-bond acceptors (Lipinski definition) is 3. The molecule has 1 amide bonds. The molecular formula is C10H11NO3. The topological polar surface area (TPSA) is 42.7 Å². The Kier molecular flexibility index (Phi) is 1.50. The van der Waals surface area contributed by atoms with Crippen LogP contribution in [0.4, 0.5) is 0 Å². The minimum absolute atomic E-state index is 0.00922. The van der Waals surface area contributed by atoms with Gasteiger partial charge in [0.05, 0.1) is 18.7 Å². The highest BCUT2D eigenvalue weighted by Crippen LogP contribution is 2.39. The first-order valence-electron chi connectivity index (χ1n) is 4.77. The number of ether oxygens (including phenoxy) is 1. The van der Waals surface area contributed by atoms with Gasteiger partial charge in [-0.15, -0.1) is 0 Å². The zero-order valence-corrected chi connectivity index (χ0v) is 7.84. The van der Waals surface area contributed by atoms with Crippen LogP contribution in [0.2, 0.25) is 0 Å². The number of carbonyl (C=O) groups is 1. The Morgan fingerprint density at radius 1 is 1.57 bits per heavy atom. The molecule has 4 nitrogen and oxygen atoms in total. The van der Waals surface area contributed by atoms with Crippen LogP contribution in [0.3, 0.4) is 0 Å². The summed E-state index contributed by atoms with van der Waals surface area (Å²) in [7, 11) is 0. The van der Waals surface area contributed by atoms with Crippen molar-refractivity contribution in [3.05, 3.63) is 24.2 Å². The van der Waals surface area contributed by atoms with Crippen LogP contribution in [-0.2, 0) is 9.53 Å². The maximum atomic E-state index is 11.4. The summed E-state index contributed by atoms with van der Waals surface area (Å²) in [6, 6.07) is 3.71. The average molecular weight is 193 g/mol. The molecule has 0 bridgehead atoms. The predicted molar refractivity (Wildman–Crippen MR) is 47.2 cm³/mol. The SMILES string of the molecule is C[C@H]1C(=O)N2C[C@H](c3ccco3)O[C@@H]12. The summed E-state index contributed by atoms with van der Waals surface area (Å²) in [6.07, 6.45) is 1.51. The minimum Gasteiger partial charge on any atom is -0.467 e. The van der Waals surface area contributed by atoms with Gasteiger partial charge < -0.3 is 14.1 Å². The Bertz CT molecular complexity index is 359. The molecular weight excluding hydrogens is 182 g/mol. The van der Waals surface area contributed by atoms with Gasteiger partial charge in [-0.1, -0.05) is 0 Å². The van der Waals surface area contributed by atoms with E-state index in [1.54, 1.807) is 11.2 Å². The summed E-state index contributed by atoms with van der Waals surface area (Å²) in [6.45, 7) is 2.52. The molecule has 4 heteroatoms. The number of β-lactam (4-membered cyclic amide) rings is 1. The second-order valence-electron chi connectivity index (χ2n) is 3.81. The van der Waals surface area contributed by atoms with E-state index in [0.29, 0.717) is 6.54 Å². The first-order chi connectivity index (χ1) is 6.77. The zero-order valence-electron chi connectivity index (χ0n) is 7.84. The van der Waals surface area contributed by atoms with Gasteiger partial charge >= 0.3 is 0 Å². The molecule has 2 fully saturated rings. The van der Waals surface area contributed by atoms with Crippen molar-refractivity contribution in [3.63, 3.8) is 0 Å². The monoisotopic (exact) mass is 193 g/mol. The van der Waals surface area contributed by atoms with Crippen LogP contribution in [0, 0.1) is 5.92 Å². The molecule has 0 unspecified atom stereocenters. The van der Waals surface area contributed by atoms with Gasteiger partial charge in [-0.3, -0.25) is 4.79 Å². The molecule has 1 aromatic heterocycles. The fourth-order valence-electron chi connectivity index (χ4n) is 2.10. The van der Waals surface area contributed by atoms with Crippen molar-refractivity contribution in [1.82, 2.24) is 4.90 Å². The summed E-state index contributed by atoms with van der Waals surface area (Å²) in [5.74, 6) is 0.999. The van der Waals surface area contributed by atoms with E-state index >= 15 is 0 Å². The van der Waals surface area contributed by atoms with Gasteiger partial charge in [-0.05, 0) is 19.1 Å². The molecule has 0 spiro atoms. The fourth-order valence-corrected chi connectivity index (χ4v) is 2.10. The largest absolute Gasteiger partial charge is 0.467 e. The van der Waals surface area contributed by atoms with Crippen LogP contribution < -0.4 is 0 Å². The first-order valence-corrected chi connectivity index (χ1v) is 4.77. The lowest BCUT2D eigenvalue weighted by atomic mass is 9.99. The number of hydrogen-bond donors (Lipinski definition) is 0. The Labute approximate surface area is 81.4 Å². The molecule has 74 valence electrons. The van der Waals surface area contributed by atoms with Gasteiger partial charge in [0.2, 0.25) is 5.91 Å². The van der Waals surface area contributed by atoms with Crippen molar-refractivity contribution < 1.29 is 13.9 Å². The summed E-state index contributed by atoms with van der Waals surface area (Å²) in [4.78, 5) is 13.1. The molecule has 0 aliphatic carbocycles. The molecule has 2 aliphatic rings. The molecule has 3 heterocycles. The average Bonchev–Trinajstić information content (AvgIpc) is 2.84. The van der Waals surface area contributed by atoms with E-state index in [2.05, 4.69) is 0 Å². The normalized spacial score (nSPS) is 35.6. The number of amides is 1. The predicted octanol–water partition coefficient (Wildman–Crippen LogP) is 1.16. The van der Waals surface area contributed by atoms with Crippen LogP contribution in [0.5, 0.6) is 0 Å². The third-order valence-electron chi connectivity index (χ3n) is 2.93. The Morgan fingerprint density at radius 3 is 3.07 bits per heavy atom. The lowest BCUT2D eigenvalue weighted by molar-refractivity contribution is -0.170. The van der Waals surface area contributed by atoms with E-state index in [9.17, 15) is 4.79 Å². The Morgan fingerprint density at radius 2 is 2.43 bits per heavy atom. The highest BCUT2D eigenvalue weighted by Gasteiger charge is 2.52.